The molecule has 144 valence electrons. The molecule has 0 atom stereocenters. The Bertz CT molecular complexity index is 1070. The average Bonchev–Trinajstić information content (AvgIpc) is 2.75. The fourth-order valence-electron chi connectivity index (χ4n) is 2.61. The lowest BCUT2D eigenvalue weighted by molar-refractivity contribution is 0.0526. The molecule has 6 heteroatoms. The maximum atomic E-state index is 12.8. The molecule has 1 N–H and O–H groups in total. The van der Waals surface area contributed by atoms with E-state index in [0.29, 0.717) is 29.0 Å². The molecule has 3 aromatic rings. The zero-order valence-corrected chi connectivity index (χ0v) is 16.5. The van der Waals surface area contributed by atoms with E-state index in [1.54, 1.807) is 55.5 Å². The van der Waals surface area contributed by atoms with Crippen LogP contribution in [-0.4, -0.2) is 18.5 Å². The highest BCUT2D eigenvalue weighted by atomic mass is 32.2. The van der Waals surface area contributed by atoms with Gasteiger partial charge in [-0.25, -0.2) is 4.79 Å². The van der Waals surface area contributed by atoms with Crippen molar-refractivity contribution in [1.29, 1.82) is 5.26 Å². The second-order valence-electron chi connectivity index (χ2n) is 5.96. The zero-order chi connectivity index (χ0) is 20.6. The van der Waals surface area contributed by atoms with Gasteiger partial charge >= 0.3 is 5.97 Å². The Morgan fingerprint density at radius 1 is 0.966 bits per heavy atom. The number of hydrogen-bond acceptors (Lipinski definition) is 5. The smallest absolute Gasteiger partial charge is 0.338 e. The number of hydrogen-bond donors (Lipinski definition) is 1. The van der Waals surface area contributed by atoms with Gasteiger partial charge in [0, 0.05) is 15.5 Å². The summed E-state index contributed by atoms with van der Waals surface area (Å²) < 4.78 is 4.96. The summed E-state index contributed by atoms with van der Waals surface area (Å²) in [5.41, 5.74) is 2.05. The summed E-state index contributed by atoms with van der Waals surface area (Å²) in [5, 5.41) is 12.1. The quantitative estimate of drug-likeness (QED) is 0.578. The second kappa shape index (κ2) is 9.58. The standard InChI is InChI=1S/C23H18N2O3S/c1-2-28-23(27)16-11-13-18(14-12-16)25-22(26)19-8-4-6-10-21(19)29-20-9-5-3-7-17(20)15-24/h3-14H,2H2,1H3,(H,25,26). The third-order valence-corrected chi connectivity index (χ3v) is 5.16. The van der Waals surface area contributed by atoms with E-state index in [1.165, 1.54) is 11.8 Å². The third-order valence-electron chi connectivity index (χ3n) is 4.01. The minimum absolute atomic E-state index is 0.272. The van der Waals surface area contributed by atoms with Crippen LogP contribution < -0.4 is 5.32 Å². The molecule has 0 saturated carbocycles. The lowest BCUT2D eigenvalue weighted by atomic mass is 10.2. The summed E-state index contributed by atoms with van der Waals surface area (Å²) in [6.45, 7) is 2.05. The Kier molecular flexibility index (Phi) is 6.67. The minimum Gasteiger partial charge on any atom is -0.462 e. The van der Waals surface area contributed by atoms with E-state index < -0.39 is 5.97 Å². The summed E-state index contributed by atoms with van der Waals surface area (Å²) in [6, 6.07) is 23.2. The van der Waals surface area contributed by atoms with E-state index in [2.05, 4.69) is 11.4 Å². The van der Waals surface area contributed by atoms with Crippen molar-refractivity contribution in [3.05, 3.63) is 89.5 Å². The van der Waals surface area contributed by atoms with E-state index >= 15 is 0 Å². The topological polar surface area (TPSA) is 79.2 Å². The van der Waals surface area contributed by atoms with Crippen LogP contribution in [0.25, 0.3) is 0 Å². The first kappa shape index (κ1) is 20.2. The summed E-state index contributed by atoms with van der Waals surface area (Å²) in [4.78, 5) is 26.1. The first-order valence-electron chi connectivity index (χ1n) is 8.97. The van der Waals surface area contributed by atoms with Crippen molar-refractivity contribution in [3.63, 3.8) is 0 Å². The van der Waals surface area contributed by atoms with Crippen LogP contribution in [0.4, 0.5) is 5.69 Å². The van der Waals surface area contributed by atoms with Crippen molar-refractivity contribution in [2.45, 2.75) is 16.7 Å². The molecule has 0 aliphatic carbocycles. The molecule has 0 radical (unpaired) electrons. The van der Waals surface area contributed by atoms with E-state index in [9.17, 15) is 14.9 Å². The largest absolute Gasteiger partial charge is 0.462 e. The van der Waals surface area contributed by atoms with Gasteiger partial charge in [-0.15, -0.1) is 0 Å². The highest BCUT2D eigenvalue weighted by Gasteiger charge is 2.14. The van der Waals surface area contributed by atoms with E-state index in [4.69, 9.17) is 4.74 Å². The normalized spacial score (nSPS) is 10.1. The number of nitrogens with one attached hydrogen (secondary N) is 1. The molecule has 0 bridgehead atoms. The van der Waals surface area contributed by atoms with Crippen molar-refractivity contribution < 1.29 is 14.3 Å². The number of carbonyl (C=O) groups excluding carboxylic acids is 2. The molecular formula is C23H18N2O3S. The number of nitrogens with zero attached hydrogens (tertiary/aromatic N) is 1. The Morgan fingerprint density at radius 3 is 2.31 bits per heavy atom. The Balaban J connectivity index is 1.78. The van der Waals surface area contributed by atoms with E-state index in [1.807, 2.05) is 24.3 Å². The van der Waals surface area contributed by atoms with Crippen LogP contribution in [0.1, 0.15) is 33.2 Å². The van der Waals surface area contributed by atoms with Crippen molar-refractivity contribution in [2.24, 2.45) is 0 Å². The summed E-state index contributed by atoms with van der Waals surface area (Å²) >= 11 is 1.37. The van der Waals surface area contributed by atoms with Crippen molar-refractivity contribution in [3.8, 4) is 6.07 Å². The minimum atomic E-state index is -0.400. The lowest BCUT2D eigenvalue weighted by Crippen LogP contribution is -2.13. The highest BCUT2D eigenvalue weighted by molar-refractivity contribution is 7.99. The van der Waals surface area contributed by atoms with Crippen LogP contribution >= 0.6 is 11.8 Å². The van der Waals surface area contributed by atoms with Crippen LogP contribution in [-0.2, 0) is 4.74 Å². The average molecular weight is 402 g/mol. The van der Waals surface area contributed by atoms with Gasteiger partial charge in [0.2, 0.25) is 0 Å². The van der Waals surface area contributed by atoms with Gasteiger partial charge in [0.05, 0.1) is 23.3 Å². The van der Waals surface area contributed by atoms with Crippen LogP contribution in [0.2, 0.25) is 0 Å². The van der Waals surface area contributed by atoms with Crippen LogP contribution in [0.3, 0.4) is 0 Å². The number of esters is 1. The van der Waals surface area contributed by atoms with Gasteiger partial charge in [0.1, 0.15) is 6.07 Å². The summed E-state index contributed by atoms with van der Waals surface area (Å²) in [7, 11) is 0. The molecule has 1 amide bonds. The number of rotatable bonds is 6. The zero-order valence-electron chi connectivity index (χ0n) is 15.7. The molecular weight excluding hydrogens is 384 g/mol. The second-order valence-corrected chi connectivity index (χ2v) is 7.04. The lowest BCUT2D eigenvalue weighted by Gasteiger charge is -2.11. The molecule has 0 aromatic heterocycles. The van der Waals surface area contributed by atoms with Gasteiger partial charge in [-0.1, -0.05) is 36.0 Å². The number of ether oxygens (including phenoxy) is 1. The number of carbonyl (C=O) groups is 2. The van der Waals surface area contributed by atoms with Gasteiger partial charge in [0.25, 0.3) is 5.91 Å². The van der Waals surface area contributed by atoms with Gasteiger partial charge in [-0.05, 0) is 55.5 Å². The van der Waals surface area contributed by atoms with Crippen molar-refractivity contribution >= 4 is 29.3 Å². The molecule has 0 aliphatic rings. The summed E-state index contributed by atoms with van der Waals surface area (Å²) in [5.74, 6) is -0.672. The molecule has 0 spiro atoms. The SMILES string of the molecule is CCOC(=O)c1ccc(NC(=O)c2ccccc2Sc2ccccc2C#N)cc1. The predicted octanol–water partition coefficient (Wildman–Crippen LogP) is 5.14. The number of anilines is 1. The van der Waals surface area contributed by atoms with Crippen molar-refractivity contribution in [2.75, 3.05) is 11.9 Å². The number of nitriles is 1. The predicted molar refractivity (Wildman–Crippen MR) is 112 cm³/mol. The van der Waals surface area contributed by atoms with Gasteiger partial charge in [-0.3, -0.25) is 4.79 Å². The monoisotopic (exact) mass is 402 g/mol. The third kappa shape index (κ3) is 5.03. The maximum absolute atomic E-state index is 12.8. The molecule has 0 fully saturated rings. The molecule has 0 aliphatic heterocycles. The van der Waals surface area contributed by atoms with Crippen LogP contribution in [0, 0.1) is 11.3 Å². The van der Waals surface area contributed by atoms with E-state index in [-0.39, 0.29) is 5.91 Å². The number of amides is 1. The highest BCUT2D eigenvalue weighted by Crippen LogP contribution is 2.32. The fraction of sp³-hybridized carbons (Fsp3) is 0.0870. The first-order chi connectivity index (χ1) is 14.1. The maximum Gasteiger partial charge on any atom is 0.338 e. The molecule has 3 aromatic carbocycles. The molecule has 3 rings (SSSR count). The van der Waals surface area contributed by atoms with Crippen molar-refractivity contribution in [1.82, 2.24) is 0 Å². The Labute approximate surface area is 173 Å². The molecule has 0 unspecified atom stereocenters. The Hall–Kier alpha value is -3.56. The van der Waals surface area contributed by atoms with Gasteiger partial charge < -0.3 is 10.1 Å². The first-order valence-corrected chi connectivity index (χ1v) is 9.78. The Morgan fingerprint density at radius 2 is 1.62 bits per heavy atom. The molecule has 0 heterocycles. The van der Waals surface area contributed by atoms with Gasteiger partial charge in [0.15, 0.2) is 0 Å². The van der Waals surface area contributed by atoms with Gasteiger partial charge in [-0.2, -0.15) is 5.26 Å². The van der Waals surface area contributed by atoms with Crippen LogP contribution in [0.15, 0.2) is 82.6 Å². The fourth-order valence-corrected chi connectivity index (χ4v) is 3.64. The molecule has 5 nitrogen and oxygen atoms in total. The van der Waals surface area contributed by atoms with E-state index in [0.717, 1.165) is 9.79 Å². The molecule has 0 saturated heterocycles. The van der Waals surface area contributed by atoms with Crippen LogP contribution in [0.5, 0.6) is 0 Å². The number of benzene rings is 3. The summed E-state index contributed by atoms with van der Waals surface area (Å²) in [6.07, 6.45) is 0. The molecule has 29 heavy (non-hydrogen) atoms.